The Morgan fingerprint density at radius 2 is 1.63 bits per heavy atom. The Bertz CT molecular complexity index is 497. The highest BCUT2D eigenvalue weighted by Gasteiger charge is 2.23. The van der Waals surface area contributed by atoms with Crippen molar-refractivity contribution in [1.29, 1.82) is 0 Å². The highest BCUT2D eigenvalue weighted by atomic mass is 32.2. The highest BCUT2D eigenvalue weighted by molar-refractivity contribution is 7.86. The lowest BCUT2D eigenvalue weighted by atomic mass is 9.98. The molecule has 1 saturated carbocycles. The molecule has 1 fully saturated rings. The molecule has 0 aliphatic heterocycles. The molecule has 0 unspecified atom stereocenters. The van der Waals surface area contributed by atoms with Crippen LogP contribution in [-0.4, -0.2) is 14.5 Å². The molecule has 106 valence electrons. The Hall–Kier alpha value is -0.870. The van der Waals surface area contributed by atoms with Gasteiger partial charge in [-0.25, -0.2) is 0 Å². The van der Waals surface area contributed by atoms with Crippen molar-refractivity contribution in [3.63, 3.8) is 0 Å². The average molecular weight is 282 g/mol. The zero-order chi connectivity index (χ0) is 13.9. The van der Waals surface area contributed by atoms with Crippen LogP contribution in [-0.2, 0) is 14.3 Å². The second kappa shape index (κ2) is 6.06. The van der Waals surface area contributed by atoms with Crippen molar-refractivity contribution in [1.82, 2.24) is 0 Å². The molecule has 1 aromatic rings. The van der Waals surface area contributed by atoms with Crippen molar-refractivity contribution in [3.8, 4) is 0 Å². The van der Waals surface area contributed by atoms with Crippen LogP contribution in [0, 0.1) is 0 Å². The third-order valence-corrected chi connectivity index (χ3v) is 5.03. The van der Waals surface area contributed by atoms with E-state index in [0.29, 0.717) is 5.92 Å². The molecule has 0 atom stereocenters. The molecule has 1 aliphatic carbocycles. The van der Waals surface area contributed by atoms with Gasteiger partial charge in [0.2, 0.25) is 0 Å². The van der Waals surface area contributed by atoms with E-state index < -0.39 is 10.1 Å². The lowest BCUT2D eigenvalue weighted by Crippen LogP contribution is -2.21. The molecular formula is C15H22O3S. The van der Waals surface area contributed by atoms with E-state index in [1.807, 2.05) is 12.1 Å². The number of rotatable bonds is 4. The fraction of sp³-hybridized carbons (Fsp3) is 0.600. The molecule has 2 rings (SSSR count). The van der Waals surface area contributed by atoms with Gasteiger partial charge in [-0.1, -0.05) is 45.2 Å². The topological polar surface area (TPSA) is 43.4 Å². The van der Waals surface area contributed by atoms with Crippen molar-refractivity contribution in [2.45, 2.75) is 62.9 Å². The second-order valence-electron chi connectivity index (χ2n) is 5.53. The predicted octanol–water partition coefficient (Wildman–Crippen LogP) is 3.85. The zero-order valence-electron chi connectivity index (χ0n) is 11.6. The van der Waals surface area contributed by atoms with Crippen LogP contribution in [0.1, 0.15) is 57.4 Å². The van der Waals surface area contributed by atoms with Gasteiger partial charge in [0, 0.05) is 0 Å². The van der Waals surface area contributed by atoms with E-state index in [-0.39, 0.29) is 11.0 Å². The summed E-state index contributed by atoms with van der Waals surface area (Å²) in [7, 11) is -3.60. The second-order valence-corrected chi connectivity index (χ2v) is 7.11. The molecule has 0 spiro atoms. The summed E-state index contributed by atoms with van der Waals surface area (Å²) in [4.78, 5) is 0.266. The zero-order valence-corrected chi connectivity index (χ0v) is 12.4. The minimum Gasteiger partial charge on any atom is -0.263 e. The molecule has 0 aromatic heterocycles. The van der Waals surface area contributed by atoms with Crippen molar-refractivity contribution in [3.05, 3.63) is 29.8 Å². The normalized spacial score (nSPS) is 17.8. The smallest absolute Gasteiger partial charge is 0.263 e. The minimum atomic E-state index is -3.60. The van der Waals surface area contributed by atoms with E-state index in [1.54, 1.807) is 12.1 Å². The molecule has 0 heterocycles. The molecule has 19 heavy (non-hydrogen) atoms. The first-order valence-corrected chi connectivity index (χ1v) is 8.43. The molecule has 0 bridgehead atoms. The van der Waals surface area contributed by atoms with Crippen LogP contribution in [0.5, 0.6) is 0 Å². The van der Waals surface area contributed by atoms with Gasteiger partial charge in [-0.2, -0.15) is 8.42 Å². The van der Waals surface area contributed by atoms with Gasteiger partial charge in [0.15, 0.2) is 0 Å². The standard InChI is InChI=1S/C15H22O3S/c1-12(2)13-8-10-15(11-9-13)19(16,17)18-14-6-4-3-5-7-14/h8-12,14H,3-7H2,1-2H3. The van der Waals surface area contributed by atoms with Gasteiger partial charge in [0.05, 0.1) is 11.0 Å². The van der Waals surface area contributed by atoms with Crippen LogP contribution in [0.15, 0.2) is 29.2 Å². The Morgan fingerprint density at radius 3 is 2.16 bits per heavy atom. The van der Waals surface area contributed by atoms with Gasteiger partial charge in [0.1, 0.15) is 0 Å². The predicted molar refractivity (Wildman–Crippen MR) is 75.7 cm³/mol. The summed E-state index contributed by atoms with van der Waals surface area (Å²) < 4.78 is 29.7. The van der Waals surface area contributed by atoms with Crippen LogP contribution in [0.2, 0.25) is 0 Å². The summed E-state index contributed by atoms with van der Waals surface area (Å²) in [5, 5.41) is 0. The Labute approximate surface area is 116 Å². The quantitative estimate of drug-likeness (QED) is 0.788. The molecular weight excluding hydrogens is 260 g/mol. The van der Waals surface area contributed by atoms with Crippen molar-refractivity contribution in [2.24, 2.45) is 0 Å². The maximum Gasteiger partial charge on any atom is 0.297 e. The van der Waals surface area contributed by atoms with Crippen LogP contribution in [0.4, 0.5) is 0 Å². The van der Waals surface area contributed by atoms with Crippen LogP contribution < -0.4 is 0 Å². The summed E-state index contributed by atoms with van der Waals surface area (Å²) in [5.41, 5.74) is 1.14. The van der Waals surface area contributed by atoms with Crippen LogP contribution in [0.3, 0.4) is 0 Å². The third kappa shape index (κ3) is 3.80. The maximum atomic E-state index is 12.2. The maximum absolute atomic E-state index is 12.2. The van der Waals surface area contributed by atoms with E-state index in [9.17, 15) is 8.42 Å². The molecule has 4 heteroatoms. The molecule has 3 nitrogen and oxygen atoms in total. The Balaban J connectivity index is 2.10. The van der Waals surface area contributed by atoms with Crippen molar-refractivity contribution >= 4 is 10.1 Å². The van der Waals surface area contributed by atoms with Gasteiger partial charge < -0.3 is 0 Å². The van der Waals surface area contributed by atoms with E-state index >= 15 is 0 Å². The monoisotopic (exact) mass is 282 g/mol. The molecule has 0 amide bonds. The number of hydrogen-bond acceptors (Lipinski definition) is 3. The van der Waals surface area contributed by atoms with Gasteiger partial charge in [-0.3, -0.25) is 4.18 Å². The van der Waals surface area contributed by atoms with E-state index in [2.05, 4.69) is 13.8 Å². The van der Waals surface area contributed by atoms with Gasteiger partial charge in [-0.15, -0.1) is 0 Å². The third-order valence-electron chi connectivity index (χ3n) is 3.65. The van der Waals surface area contributed by atoms with Gasteiger partial charge in [0.25, 0.3) is 10.1 Å². The molecule has 0 N–H and O–H groups in total. The van der Waals surface area contributed by atoms with Gasteiger partial charge >= 0.3 is 0 Å². The molecule has 0 saturated heterocycles. The summed E-state index contributed by atoms with van der Waals surface area (Å²) in [6, 6.07) is 7.02. The van der Waals surface area contributed by atoms with Crippen LogP contribution >= 0.6 is 0 Å². The fourth-order valence-corrected chi connectivity index (χ4v) is 3.55. The Morgan fingerprint density at radius 1 is 1.05 bits per heavy atom. The summed E-state index contributed by atoms with van der Waals surface area (Å²) in [5.74, 6) is 0.399. The minimum absolute atomic E-state index is 0.136. The van der Waals surface area contributed by atoms with Crippen molar-refractivity contribution < 1.29 is 12.6 Å². The van der Waals surface area contributed by atoms with E-state index in [4.69, 9.17) is 4.18 Å². The SMILES string of the molecule is CC(C)c1ccc(S(=O)(=O)OC2CCCCC2)cc1. The van der Waals surface area contributed by atoms with E-state index in [1.165, 1.54) is 6.42 Å². The lowest BCUT2D eigenvalue weighted by molar-refractivity contribution is 0.162. The first kappa shape index (κ1) is 14.5. The number of benzene rings is 1. The first-order valence-electron chi connectivity index (χ1n) is 7.02. The average Bonchev–Trinajstić information content (AvgIpc) is 2.39. The number of hydrogen-bond donors (Lipinski definition) is 0. The summed E-state index contributed by atoms with van der Waals surface area (Å²) in [6.07, 6.45) is 4.87. The molecule has 1 aliphatic rings. The fourth-order valence-electron chi connectivity index (χ4n) is 2.42. The first-order chi connectivity index (χ1) is 8.99. The van der Waals surface area contributed by atoms with Crippen LogP contribution in [0.25, 0.3) is 0 Å². The summed E-state index contributed by atoms with van der Waals surface area (Å²) >= 11 is 0. The largest absolute Gasteiger partial charge is 0.297 e. The van der Waals surface area contributed by atoms with E-state index in [0.717, 1.165) is 31.2 Å². The van der Waals surface area contributed by atoms with Crippen molar-refractivity contribution in [2.75, 3.05) is 0 Å². The lowest BCUT2D eigenvalue weighted by Gasteiger charge is -2.21. The summed E-state index contributed by atoms with van der Waals surface area (Å²) in [6.45, 7) is 4.17. The Kier molecular flexibility index (Phi) is 4.63. The van der Waals surface area contributed by atoms with Gasteiger partial charge in [-0.05, 0) is 36.5 Å². The molecule has 0 radical (unpaired) electrons. The molecule has 1 aromatic carbocycles. The highest BCUT2D eigenvalue weighted by Crippen LogP contribution is 2.25.